The fourth-order valence-electron chi connectivity index (χ4n) is 3.21. The van der Waals surface area contributed by atoms with Gasteiger partial charge in [-0.05, 0) is 44.0 Å². The molecule has 0 fully saturated rings. The molecule has 0 bridgehead atoms. The van der Waals surface area contributed by atoms with E-state index in [4.69, 9.17) is 23.7 Å². The first-order valence-electron chi connectivity index (χ1n) is 11.0. The maximum atomic E-state index is 13.4. The molecule has 0 saturated carbocycles. The molecule has 0 unspecified atom stereocenters. The zero-order chi connectivity index (χ0) is 26.7. The Morgan fingerprint density at radius 1 is 0.972 bits per heavy atom. The van der Waals surface area contributed by atoms with Gasteiger partial charge in [-0.25, -0.2) is 8.42 Å². The Balaban J connectivity index is 2.52. The standard InChI is InChI=1S/C26H33NO8S/c1-18(2)7-13-21-23(34-16-31-3)15-24(33-5)25(26(21)35-17-32-4)22(28)14-10-19-8-11-20(12-9-19)27-36(6,29)30/h7-12,14-15,27H,13,16-17H2,1-6H3. The number of ketones is 1. The summed E-state index contributed by atoms with van der Waals surface area (Å²) in [5.74, 6) is 0.678. The lowest BCUT2D eigenvalue weighted by Gasteiger charge is -2.20. The molecule has 0 amide bonds. The van der Waals surface area contributed by atoms with Crippen LogP contribution in [0.4, 0.5) is 5.69 Å². The molecule has 2 aromatic rings. The molecule has 0 aliphatic carbocycles. The van der Waals surface area contributed by atoms with E-state index in [2.05, 4.69) is 4.72 Å². The Morgan fingerprint density at radius 3 is 2.17 bits per heavy atom. The highest BCUT2D eigenvalue weighted by atomic mass is 32.2. The lowest BCUT2D eigenvalue weighted by Crippen LogP contribution is -2.12. The number of rotatable bonds is 14. The van der Waals surface area contributed by atoms with Crippen LogP contribution < -0.4 is 18.9 Å². The molecule has 2 rings (SSSR count). The first-order chi connectivity index (χ1) is 17.1. The summed E-state index contributed by atoms with van der Waals surface area (Å²) in [4.78, 5) is 13.4. The highest BCUT2D eigenvalue weighted by Gasteiger charge is 2.25. The summed E-state index contributed by atoms with van der Waals surface area (Å²) in [7, 11) is 1.08. The van der Waals surface area contributed by atoms with Crippen molar-refractivity contribution in [1.29, 1.82) is 0 Å². The summed E-state index contributed by atoms with van der Waals surface area (Å²) in [6, 6.07) is 8.24. The second-order valence-electron chi connectivity index (χ2n) is 8.04. The van der Waals surface area contributed by atoms with E-state index in [-0.39, 0.29) is 30.7 Å². The van der Waals surface area contributed by atoms with Gasteiger partial charge < -0.3 is 23.7 Å². The summed E-state index contributed by atoms with van der Waals surface area (Å²) in [6.45, 7) is 3.87. The van der Waals surface area contributed by atoms with E-state index in [1.165, 1.54) is 27.4 Å². The summed E-state index contributed by atoms with van der Waals surface area (Å²) < 4.78 is 52.5. The van der Waals surface area contributed by atoms with Crippen molar-refractivity contribution in [1.82, 2.24) is 0 Å². The highest BCUT2D eigenvalue weighted by Crippen LogP contribution is 2.41. The van der Waals surface area contributed by atoms with Crippen molar-refractivity contribution in [2.75, 3.05) is 45.9 Å². The van der Waals surface area contributed by atoms with Crippen molar-refractivity contribution in [3.05, 3.63) is 64.7 Å². The third-order valence-electron chi connectivity index (χ3n) is 4.78. The number of nitrogens with one attached hydrogen (secondary N) is 1. The molecule has 0 heterocycles. The minimum Gasteiger partial charge on any atom is -0.496 e. The molecular weight excluding hydrogens is 486 g/mol. The molecule has 0 radical (unpaired) electrons. The Kier molecular flexibility index (Phi) is 11.0. The molecule has 10 heteroatoms. The predicted molar refractivity (Wildman–Crippen MR) is 139 cm³/mol. The van der Waals surface area contributed by atoms with Gasteiger partial charge in [-0.15, -0.1) is 0 Å². The van der Waals surface area contributed by atoms with Gasteiger partial charge in [0, 0.05) is 31.5 Å². The van der Waals surface area contributed by atoms with Gasteiger partial charge in [0.2, 0.25) is 10.0 Å². The van der Waals surface area contributed by atoms with Crippen LogP contribution in [0.15, 0.2) is 48.1 Å². The quantitative estimate of drug-likeness (QED) is 0.169. The number of methoxy groups -OCH3 is 3. The Labute approximate surface area is 212 Å². The number of carbonyl (C=O) groups excluding carboxylic acids is 1. The van der Waals surface area contributed by atoms with Gasteiger partial charge in [-0.1, -0.05) is 29.9 Å². The largest absolute Gasteiger partial charge is 0.496 e. The second kappa shape index (κ2) is 13.7. The monoisotopic (exact) mass is 519 g/mol. The van der Waals surface area contributed by atoms with E-state index < -0.39 is 10.0 Å². The van der Waals surface area contributed by atoms with Crippen molar-refractivity contribution in [3.8, 4) is 17.2 Å². The molecule has 1 N–H and O–H groups in total. The van der Waals surface area contributed by atoms with E-state index in [1.807, 2.05) is 19.9 Å². The van der Waals surface area contributed by atoms with Crippen LogP contribution in [0, 0.1) is 0 Å². The summed E-state index contributed by atoms with van der Waals surface area (Å²) in [6.07, 6.45) is 6.54. The maximum absolute atomic E-state index is 13.4. The van der Waals surface area contributed by atoms with E-state index in [1.54, 1.807) is 36.4 Å². The molecule has 0 aliphatic rings. The third-order valence-corrected chi connectivity index (χ3v) is 5.39. The molecule has 0 atom stereocenters. The number of hydrogen-bond acceptors (Lipinski definition) is 8. The smallest absolute Gasteiger partial charge is 0.229 e. The van der Waals surface area contributed by atoms with Gasteiger partial charge in [0.1, 0.15) is 22.8 Å². The van der Waals surface area contributed by atoms with Gasteiger partial charge in [-0.3, -0.25) is 9.52 Å². The lowest BCUT2D eigenvalue weighted by molar-refractivity contribution is 0.0441. The minimum absolute atomic E-state index is 0.00603. The first kappa shape index (κ1) is 28.9. The second-order valence-corrected chi connectivity index (χ2v) is 9.79. The summed E-state index contributed by atoms with van der Waals surface area (Å²) >= 11 is 0. The van der Waals surface area contributed by atoms with Crippen LogP contribution in [0.3, 0.4) is 0 Å². The number of ether oxygens (including phenoxy) is 5. The van der Waals surface area contributed by atoms with Gasteiger partial charge in [0.25, 0.3) is 0 Å². The number of sulfonamides is 1. The van der Waals surface area contributed by atoms with E-state index in [0.29, 0.717) is 34.7 Å². The average molecular weight is 520 g/mol. The topological polar surface area (TPSA) is 109 Å². The number of hydrogen-bond donors (Lipinski definition) is 1. The molecule has 0 aliphatic heterocycles. The van der Waals surface area contributed by atoms with E-state index >= 15 is 0 Å². The zero-order valence-corrected chi connectivity index (χ0v) is 22.2. The van der Waals surface area contributed by atoms with Gasteiger partial charge in [0.15, 0.2) is 19.4 Å². The van der Waals surface area contributed by atoms with Crippen LogP contribution in [0.5, 0.6) is 17.2 Å². The van der Waals surface area contributed by atoms with Crippen molar-refractivity contribution in [2.45, 2.75) is 20.3 Å². The average Bonchev–Trinajstić information content (AvgIpc) is 2.82. The molecule has 2 aromatic carbocycles. The molecule has 0 aromatic heterocycles. The summed E-state index contributed by atoms with van der Waals surface area (Å²) in [5.41, 5.74) is 3.09. The Morgan fingerprint density at radius 2 is 1.61 bits per heavy atom. The maximum Gasteiger partial charge on any atom is 0.229 e. The van der Waals surface area contributed by atoms with Crippen LogP contribution in [0.2, 0.25) is 0 Å². The third kappa shape index (κ3) is 8.71. The van der Waals surface area contributed by atoms with Gasteiger partial charge in [0.05, 0.1) is 13.4 Å². The van der Waals surface area contributed by atoms with Crippen LogP contribution in [-0.4, -0.2) is 55.4 Å². The molecule has 9 nitrogen and oxygen atoms in total. The van der Waals surface area contributed by atoms with Gasteiger partial charge >= 0.3 is 0 Å². The predicted octanol–water partition coefficient (Wildman–Crippen LogP) is 4.44. The molecule has 196 valence electrons. The number of allylic oxidation sites excluding steroid dienone is 3. The fourth-order valence-corrected chi connectivity index (χ4v) is 3.77. The lowest BCUT2D eigenvalue weighted by atomic mass is 9.99. The molecule has 36 heavy (non-hydrogen) atoms. The Hall–Kier alpha value is -3.34. The normalized spacial score (nSPS) is 11.3. The molecular formula is C26H33NO8S. The molecule has 0 spiro atoms. The van der Waals surface area contributed by atoms with Crippen molar-refractivity contribution < 1.29 is 36.9 Å². The number of benzene rings is 2. The van der Waals surface area contributed by atoms with Crippen molar-refractivity contribution >= 4 is 27.6 Å². The fraction of sp³-hybridized carbons (Fsp3) is 0.346. The summed E-state index contributed by atoms with van der Waals surface area (Å²) in [5, 5.41) is 0. The van der Waals surface area contributed by atoms with Crippen LogP contribution in [0.1, 0.15) is 35.3 Å². The van der Waals surface area contributed by atoms with Crippen LogP contribution >= 0.6 is 0 Å². The highest BCUT2D eigenvalue weighted by molar-refractivity contribution is 7.92. The minimum atomic E-state index is -3.38. The van der Waals surface area contributed by atoms with Gasteiger partial charge in [-0.2, -0.15) is 0 Å². The van der Waals surface area contributed by atoms with Crippen molar-refractivity contribution in [2.24, 2.45) is 0 Å². The van der Waals surface area contributed by atoms with E-state index in [9.17, 15) is 13.2 Å². The number of anilines is 1. The van der Waals surface area contributed by atoms with Crippen LogP contribution in [-0.2, 0) is 25.9 Å². The SMILES string of the molecule is COCOc1cc(OC)c(C(=O)C=Cc2ccc(NS(C)(=O)=O)cc2)c(OCOC)c1CC=C(C)C. The Bertz CT molecular complexity index is 1200. The zero-order valence-electron chi connectivity index (χ0n) is 21.4. The van der Waals surface area contributed by atoms with Crippen LogP contribution in [0.25, 0.3) is 6.08 Å². The first-order valence-corrected chi connectivity index (χ1v) is 12.9. The number of carbonyl (C=O) groups is 1. The van der Waals surface area contributed by atoms with E-state index in [0.717, 1.165) is 11.8 Å². The molecule has 0 saturated heterocycles. The van der Waals surface area contributed by atoms with Crippen molar-refractivity contribution in [3.63, 3.8) is 0 Å².